The van der Waals surface area contributed by atoms with Crippen LogP contribution in [0.5, 0.6) is 23.0 Å². The van der Waals surface area contributed by atoms with Crippen molar-refractivity contribution in [2.45, 2.75) is 149 Å². The van der Waals surface area contributed by atoms with Gasteiger partial charge in [-0.3, -0.25) is 4.79 Å². The second-order valence-electron chi connectivity index (χ2n) is 16.0. The fourth-order valence-corrected chi connectivity index (χ4v) is 7.04. The Morgan fingerprint density at radius 3 is 1.07 bits per heavy atom. The van der Waals surface area contributed by atoms with Crippen molar-refractivity contribution >= 4 is 23.8 Å². The third-order valence-corrected chi connectivity index (χ3v) is 10.8. The zero-order chi connectivity index (χ0) is 43.2. The highest BCUT2D eigenvalue weighted by Gasteiger charge is 2.13. The lowest BCUT2D eigenvalue weighted by Gasteiger charge is -2.08. The predicted molar refractivity (Wildman–Crippen MR) is 248 cm³/mol. The van der Waals surface area contributed by atoms with Gasteiger partial charge in [0, 0.05) is 5.56 Å². The van der Waals surface area contributed by atoms with E-state index in [0.29, 0.717) is 41.4 Å². The molecule has 4 aromatic rings. The van der Waals surface area contributed by atoms with E-state index in [4.69, 9.17) is 18.9 Å². The maximum Gasteiger partial charge on any atom is 0.343 e. The minimum absolute atomic E-state index is 0.116. The van der Waals surface area contributed by atoms with Gasteiger partial charge in [0.05, 0.1) is 24.3 Å². The summed E-state index contributed by atoms with van der Waals surface area (Å²) in [5.74, 6) is 1.01. The van der Waals surface area contributed by atoms with Crippen LogP contribution in [0.4, 0.5) is 0 Å². The summed E-state index contributed by atoms with van der Waals surface area (Å²) in [5, 5.41) is 0. The molecule has 328 valence electrons. The van der Waals surface area contributed by atoms with E-state index in [2.05, 4.69) is 13.8 Å². The number of benzene rings is 4. The lowest BCUT2D eigenvalue weighted by atomic mass is 10.0. The van der Waals surface area contributed by atoms with Gasteiger partial charge in [0.1, 0.15) is 23.0 Å². The number of esters is 2. The van der Waals surface area contributed by atoms with Crippen LogP contribution in [-0.2, 0) is 0 Å². The molecule has 0 unspecified atom stereocenters. The average molecular weight is 831 g/mol. The van der Waals surface area contributed by atoms with Gasteiger partial charge < -0.3 is 18.9 Å². The summed E-state index contributed by atoms with van der Waals surface area (Å²) in [7, 11) is 0. The fourth-order valence-electron chi connectivity index (χ4n) is 7.04. The maximum atomic E-state index is 12.8. The van der Waals surface area contributed by atoms with Crippen LogP contribution in [-0.4, -0.2) is 30.9 Å². The topological polar surface area (TPSA) is 88.1 Å². The molecule has 0 radical (unpaired) electrons. The van der Waals surface area contributed by atoms with Crippen LogP contribution in [0.15, 0.2) is 103 Å². The van der Waals surface area contributed by atoms with E-state index in [1.165, 1.54) is 128 Å². The Balaban J connectivity index is 1.06. The lowest BCUT2D eigenvalue weighted by molar-refractivity contribution is 0.0730. The van der Waals surface area contributed by atoms with Crippen molar-refractivity contribution in [2.75, 3.05) is 13.2 Å². The molecule has 0 aliphatic carbocycles. The summed E-state index contributed by atoms with van der Waals surface area (Å²) in [5.41, 5.74) is 2.08. The molecule has 0 heterocycles. The first-order valence-electron chi connectivity index (χ1n) is 23.3. The second-order valence-corrected chi connectivity index (χ2v) is 16.0. The van der Waals surface area contributed by atoms with Crippen molar-refractivity contribution in [1.29, 1.82) is 0 Å². The molecule has 7 nitrogen and oxygen atoms in total. The Kier molecular flexibility index (Phi) is 23.8. The fraction of sp³-hybridized carbons (Fsp3) is 0.463. The minimum Gasteiger partial charge on any atom is -0.494 e. The second kappa shape index (κ2) is 30.0. The Hall–Kier alpha value is -5.17. The van der Waals surface area contributed by atoms with Crippen molar-refractivity contribution in [2.24, 2.45) is 0 Å². The van der Waals surface area contributed by atoms with Crippen molar-refractivity contribution < 1.29 is 33.3 Å². The molecule has 0 saturated carbocycles. The van der Waals surface area contributed by atoms with E-state index in [1.54, 1.807) is 91.0 Å². The number of carbonyl (C=O) groups is 3. The molecule has 0 fully saturated rings. The Morgan fingerprint density at radius 1 is 0.377 bits per heavy atom. The summed E-state index contributed by atoms with van der Waals surface area (Å²) in [6, 6.07) is 27.3. The number of hydrogen-bond donors (Lipinski definition) is 0. The molecule has 0 aliphatic rings. The number of ether oxygens (including phenoxy) is 4. The van der Waals surface area contributed by atoms with Gasteiger partial charge in [-0.15, -0.1) is 0 Å². The molecular weight excluding hydrogens is 761 g/mol. The Bertz CT molecular complexity index is 1830. The molecule has 4 rings (SSSR count). The van der Waals surface area contributed by atoms with Crippen molar-refractivity contribution in [3.8, 4) is 23.0 Å². The molecule has 0 aromatic heterocycles. The molecule has 0 amide bonds. The number of ketones is 1. The van der Waals surface area contributed by atoms with Gasteiger partial charge in [0.25, 0.3) is 0 Å². The van der Waals surface area contributed by atoms with Crippen LogP contribution in [0.1, 0.15) is 185 Å². The van der Waals surface area contributed by atoms with Crippen LogP contribution < -0.4 is 18.9 Å². The summed E-state index contributed by atoms with van der Waals surface area (Å²) in [6.07, 6.45) is 30.5. The largest absolute Gasteiger partial charge is 0.494 e. The van der Waals surface area contributed by atoms with Crippen molar-refractivity contribution in [3.63, 3.8) is 0 Å². The van der Waals surface area contributed by atoms with Crippen LogP contribution in [0, 0.1) is 0 Å². The molecule has 0 spiro atoms. The van der Waals surface area contributed by atoms with Gasteiger partial charge in [0.2, 0.25) is 0 Å². The van der Waals surface area contributed by atoms with Crippen molar-refractivity contribution in [3.05, 3.63) is 125 Å². The van der Waals surface area contributed by atoms with Gasteiger partial charge in [-0.05, 0) is 109 Å². The maximum absolute atomic E-state index is 12.8. The SMILES string of the molecule is CCCCCCCCCCCCCCCCCCOc1ccc(C(=O)Oc2ccc(C(=O)Oc3ccc(/C=C/C(=O)c4ccc(OCCCCCCC)cc4)cc3)cc2)cc1. The van der Waals surface area contributed by atoms with E-state index in [9.17, 15) is 14.4 Å². The predicted octanol–water partition coefficient (Wildman–Crippen LogP) is 15.0. The van der Waals surface area contributed by atoms with E-state index >= 15 is 0 Å². The monoisotopic (exact) mass is 831 g/mol. The first kappa shape index (κ1) is 48.5. The lowest BCUT2D eigenvalue weighted by Crippen LogP contribution is -2.10. The first-order chi connectivity index (χ1) is 29.9. The molecule has 7 heteroatoms. The van der Waals surface area contributed by atoms with Crippen molar-refractivity contribution in [1.82, 2.24) is 0 Å². The molecule has 0 saturated heterocycles. The minimum atomic E-state index is -0.546. The Labute approximate surface area is 366 Å². The van der Waals surface area contributed by atoms with Gasteiger partial charge in [-0.1, -0.05) is 154 Å². The van der Waals surface area contributed by atoms with E-state index in [0.717, 1.165) is 29.9 Å². The van der Waals surface area contributed by atoms with Gasteiger partial charge >= 0.3 is 11.9 Å². The van der Waals surface area contributed by atoms with Gasteiger partial charge in [-0.25, -0.2) is 9.59 Å². The molecule has 4 aromatic carbocycles. The smallest absolute Gasteiger partial charge is 0.343 e. The number of hydrogen-bond acceptors (Lipinski definition) is 7. The summed E-state index contributed by atoms with van der Waals surface area (Å²) < 4.78 is 22.8. The third-order valence-electron chi connectivity index (χ3n) is 10.8. The zero-order valence-electron chi connectivity index (χ0n) is 37.0. The molecule has 0 aliphatic heterocycles. The third kappa shape index (κ3) is 20.3. The van der Waals surface area contributed by atoms with E-state index in [1.807, 2.05) is 12.1 Å². The normalized spacial score (nSPS) is 11.1. The number of unbranched alkanes of at least 4 members (excludes halogenated alkanes) is 19. The van der Waals surface area contributed by atoms with E-state index < -0.39 is 11.9 Å². The summed E-state index contributed by atoms with van der Waals surface area (Å²) >= 11 is 0. The molecule has 0 bridgehead atoms. The highest BCUT2D eigenvalue weighted by molar-refractivity contribution is 6.06. The first-order valence-corrected chi connectivity index (χ1v) is 23.3. The zero-order valence-corrected chi connectivity index (χ0v) is 37.0. The highest BCUT2D eigenvalue weighted by Crippen LogP contribution is 2.21. The summed E-state index contributed by atoms with van der Waals surface area (Å²) in [6.45, 7) is 5.82. The quantitative estimate of drug-likeness (QED) is 0.0159. The highest BCUT2D eigenvalue weighted by atomic mass is 16.5. The Morgan fingerprint density at radius 2 is 0.689 bits per heavy atom. The average Bonchev–Trinajstić information content (AvgIpc) is 3.29. The standard InChI is InChI=1S/C54H70O7/c1-3-5-7-9-10-11-12-13-14-15-16-17-18-19-21-23-43-59-49-37-29-46(30-38-49)53(56)61-51-39-31-47(32-40-51)54(57)60-50-33-24-44(25-34-50)26-41-52(55)45-27-35-48(36-28-45)58-42-22-20-8-6-4-2/h24-41H,3-23,42-43H2,1-2H3/b41-26+. The van der Waals surface area contributed by atoms with Gasteiger partial charge in [0.15, 0.2) is 5.78 Å². The van der Waals surface area contributed by atoms with Crippen LogP contribution in [0.3, 0.4) is 0 Å². The number of carbonyl (C=O) groups excluding carboxylic acids is 3. The van der Waals surface area contributed by atoms with Crippen LogP contribution in [0.2, 0.25) is 0 Å². The van der Waals surface area contributed by atoms with E-state index in [-0.39, 0.29) is 5.78 Å². The molecular formula is C54H70O7. The number of allylic oxidation sites excluding steroid dienone is 1. The summed E-state index contributed by atoms with van der Waals surface area (Å²) in [4.78, 5) is 38.3. The molecule has 0 N–H and O–H groups in total. The van der Waals surface area contributed by atoms with Gasteiger partial charge in [-0.2, -0.15) is 0 Å². The van der Waals surface area contributed by atoms with Crippen LogP contribution >= 0.6 is 0 Å². The molecule has 61 heavy (non-hydrogen) atoms. The number of rotatable bonds is 32. The molecule has 0 atom stereocenters. The van der Waals surface area contributed by atoms with Crippen LogP contribution in [0.25, 0.3) is 6.08 Å².